The van der Waals surface area contributed by atoms with E-state index in [1.807, 2.05) is 41.3 Å². The average molecular weight is 304 g/mol. The molecule has 3 aromatic rings. The second kappa shape index (κ2) is 5.76. The maximum absolute atomic E-state index is 12.9. The van der Waals surface area contributed by atoms with Crippen molar-refractivity contribution < 1.29 is 4.79 Å². The van der Waals surface area contributed by atoms with E-state index in [2.05, 4.69) is 15.0 Å². The Morgan fingerprint density at radius 1 is 1.17 bits per heavy atom. The molecule has 0 saturated carbocycles. The van der Waals surface area contributed by atoms with Crippen LogP contribution >= 0.6 is 0 Å². The molecule has 1 aliphatic heterocycles. The van der Waals surface area contributed by atoms with Crippen molar-refractivity contribution in [2.75, 3.05) is 6.54 Å². The maximum atomic E-state index is 12.9. The van der Waals surface area contributed by atoms with Crippen LogP contribution in [0.2, 0.25) is 0 Å². The summed E-state index contributed by atoms with van der Waals surface area (Å²) in [5, 5.41) is 0.983. The number of pyridine rings is 1. The highest BCUT2D eigenvalue weighted by Crippen LogP contribution is 2.31. The van der Waals surface area contributed by atoms with E-state index >= 15 is 0 Å². The van der Waals surface area contributed by atoms with E-state index in [4.69, 9.17) is 0 Å². The summed E-state index contributed by atoms with van der Waals surface area (Å²) in [5.41, 5.74) is 2.43. The van der Waals surface area contributed by atoms with Crippen LogP contribution in [0.25, 0.3) is 10.9 Å². The fourth-order valence-electron chi connectivity index (χ4n) is 3.17. The molecule has 1 atom stereocenters. The van der Waals surface area contributed by atoms with Crippen molar-refractivity contribution in [2.45, 2.75) is 18.9 Å². The van der Waals surface area contributed by atoms with Crippen molar-refractivity contribution >= 4 is 16.8 Å². The van der Waals surface area contributed by atoms with Crippen LogP contribution in [-0.4, -0.2) is 32.3 Å². The van der Waals surface area contributed by atoms with Gasteiger partial charge < -0.3 is 4.90 Å². The Morgan fingerprint density at radius 2 is 2.09 bits per heavy atom. The minimum atomic E-state index is 0.0179. The van der Waals surface area contributed by atoms with Crippen LogP contribution in [-0.2, 0) is 0 Å². The number of nitrogens with zero attached hydrogens (tertiary/aromatic N) is 4. The summed E-state index contributed by atoms with van der Waals surface area (Å²) < 4.78 is 0. The first-order valence-electron chi connectivity index (χ1n) is 7.74. The number of fused-ring (bicyclic) bond motifs is 1. The van der Waals surface area contributed by atoms with Gasteiger partial charge in [0, 0.05) is 24.3 Å². The number of benzene rings is 1. The molecule has 1 amide bonds. The van der Waals surface area contributed by atoms with Gasteiger partial charge in [-0.15, -0.1) is 0 Å². The van der Waals surface area contributed by atoms with Gasteiger partial charge in [0.05, 0.1) is 22.8 Å². The predicted octanol–water partition coefficient (Wildman–Crippen LogP) is 3.00. The zero-order valence-electron chi connectivity index (χ0n) is 12.6. The number of hydrogen-bond acceptors (Lipinski definition) is 4. The lowest BCUT2D eigenvalue weighted by Crippen LogP contribution is -2.31. The lowest BCUT2D eigenvalue weighted by molar-refractivity contribution is 0.0732. The van der Waals surface area contributed by atoms with Gasteiger partial charge >= 0.3 is 0 Å². The molecule has 1 fully saturated rings. The highest BCUT2D eigenvalue weighted by Gasteiger charge is 2.31. The van der Waals surface area contributed by atoms with Crippen molar-refractivity contribution in [2.24, 2.45) is 0 Å². The number of carbonyl (C=O) groups is 1. The summed E-state index contributed by atoms with van der Waals surface area (Å²) in [6.45, 7) is 0.750. The summed E-state index contributed by atoms with van der Waals surface area (Å²) in [6, 6.07) is 11.7. The molecule has 5 heteroatoms. The second-order valence-corrected chi connectivity index (χ2v) is 5.71. The summed E-state index contributed by atoms with van der Waals surface area (Å²) in [6.07, 6.45) is 6.85. The van der Waals surface area contributed by atoms with Crippen molar-refractivity contribution in [1.29, 1.82) is 0 Å². The van der Waals surface area contributed by atoms with Crippen LogP contribution in [0.15, 0.2) is 55.1 Å². The third kappa shape index (κ3) is 2.54. The smallest absolute Gasteiger partial charge is 0.256 e. The Morgan fingerprint density at radius 3 is 2.96 bits per heavy atom. The predicted molar refractivity (Wildman–Crippen MR) is 86.8 cm³/mol. The number of hydrogen-bond donors (Lipinski definition) is 0. The number of amides is 1. The van der Waals surface area contributed by atoms with E-state index < -0.39 is 0 Å². The van der Waals surface area contributed by atoms with Crippen LogP contribution in [0.3, 0.4) is 0 Å². The van der Waals surface area contributed by atoms with E-state index in [9.17, 15) is 4.79 Å². The first-order valence-corrected chi connectivity index (χ1v) is 7.74. The van der Waals surface area contributed by atoms with Crippen molar-refractivity contribution in [1.82, 2.24) is 19.9 Å². The van der Waals surface area contributed by atoms with Gasteiger partial charge in [0.2, 0.25) is 0 Å². The first kappa shape index (κ1) is 13.8. The monoisotopic (exact) mass is 304 g/mol. The number of carbonyl (C=O) groups excluding carboxylic acids is 1. The summed E-state index contributed by atoms with van der Waals surface area (Å²) in [5.74, 6) is 0.0179. The highest BCUT2D eigenvalue weighted by molar-refractivity contribution is 5.97. The molecule has 3 heterocycles. The molecule has 23 heavy (non-hydrogen) atoms. The molecule has 0 N–H and O–H groups in total. The number of aromatic nitrogens is 3. The Bertz CT molecular complexity index is 850. The van der Waals surface area contributed by atoms with Gasteiger partial charge in [-0.2, -0.15) is 0 Å². The third-order valence-electron chi connectivity index (χ3n) is 4.30. The minimum absolute atomic E-state index is 0.0179. The highest BCUT2D eigenvalue weighted by atomic mass is 16.2. The fraction of sp³-hybridized carbons (Fsp3) is 0.222. The molecule has 1 aromatic carbocycles. The quantitative estimate of drug-likeness (QED) is 0.730. The van der Waals surface area contributed by atoms with Crippen LogP contribution in [0.4, 0.5) is 0 Å². The van der Waals surface area contributed by atoms with Gasteiger partial charge in [-0.3, -0.25) is 9.78 Å². The molecular formula is C18H16N4O. The second-order valence-electron chi connectivity index (χ2n) is 5.71. The molecule has 0 spiro atoms. The molecule has 0 bridgehead atoms. The van der Waals surface area contributed by atoms with Crippen LogP contribution in [0.5, 0.6) is 0 Å². The molecule has 5 nitrogen and oxygen atoms in total. The summed E-state index contributed by atoms with van der Waals surface area (Å²) in [7, 11) is 0. The van der Waals surface area contributed by atoms with Gasteiger partial charge in [-0.1, -0.05) is 18.2 Å². The average Bonchev–Trinajstić information content (AvgIpc) is 3.11. The van der Waals surface area contributed by atoms with Gasteiger partial charge in [-0.25, -0.2) is 9.97 Å². The van der Waals surface area contributed by atoms with E-state index in [-0.39, 0.29) is 11.9 Å². The molecule has 0 aliphatic carbocycles. The zero-order chi connectivity index (χ0) is 15.6. The number of likely N-dealkylation sites (tertiary alicyclic amines) is 1. The standard InChI is InChI=1S/C18H16N4O/c23-18(14-10-13-4-1-2-5-15(13)20-11-14)22-9-3-6-17(22)16-7-8-19-12-21-16/h1-2,4-5,7-8,10-12,17H,3,6,9H2/t17-/m1/s1. The molecule has 1 saturated heterocycles. The lowest BCUT2D eigenvalue weighted by atomic mass is 10.1. The van der Waals surface area contributed by atoms with Gasteiger partial charge in [0.25, 0.3) is 5.91 Å². The number of para-hydroxylation sites is 1. The third-order valence-corrected chi connectivity index (χ3v) is 4.30. The Balaban J connectivity index is 1.66. The molecule has 114 valence electrons. The first-order chi connectivity index (χ1) is 11.3. The van der Waals surface area contributed by atoms with E-state index in [0.29, 0.717) is 5.56 Å². The van der Waals surface area contributed by atoms with Crippen LogP contribution < -0.4 is 0 Å². The molecule has 1 aliphatic rings. The summed E-state index contributed by atoms with van der Waals surface area (Å²) in [4.78, 5) is 27.5. The van der Waals surface area contributed by atoms with E-state index in [0.717, 1.165) is 36.0 Å². The SMILES string of the molecule is O=C(c1cnc2ccccc2c1)N1CCC[C@@H]1c1ccncn1. The maximum Gasteiger partial charge on any atom is 0.256 e. The number of rotatable bonds is 2. The van der Waals surface area contributed by atoms with Gasteiger partial charge in [0.15, 0.2) is 0 Å². The Hall–Kier alpha value is -2.82. The van der Waals surface area contributed by atoms with Crippen molar-refractivity contribution in [3.05, 3.63) is 66.4 Å². The summed E-state index contributed by atoms with van der Waals surface area (Å²) >= 11 is 0. The molecule has 0 unspecified atom stereocenters. The normalized spacial score (nSPS) is 17.6. The largest absolute Gasteiger partial charge is 0.330 e. The fourth-order valence-corrected chi connectivity index (χ4v) is 3.17. The minimum Gasteiger partial charge on any atom is -0.330 e. The molecular weight excluding hydrogens is 288 g/mol. The topological polar surface area (TPSA) is 59.0 Å². The van der Waals surface area contributed by atoms with E-state index in [1.165, 1.54) is 6.33 Å². The van der Waals surface area contributed by atoms with Crippen LogP contribution in [0, 0.1) is 0 Å². The van der Waals surface area contributed by atoms with Crippen molar-refractivity contribution in [3.8, 4) is 0 Å². The molecule has 0 radical (unpaired) electrons. The Kier molecular flexibility index (Phi) is 3.46. The van der Waals surface area contributed by atoms with E-state index in [1.54, 1.807) is 12.4 Å². The van der Waals surface area contributed by atoms with Crippen LogP contribution in [0.1, 0.15) is 34.9 Å². The van der Waals surface area contributed by atoms with Crippen molar-refractivity contribution in [3.63, 3.8) is 0 Å². The molecule has 2 aromatic heterocycles. The lowest BCUT2D eigenvalue weighted by Gasteiger charge is -2.24. The van der Waals surface area contributed by atoms with Gasteiger partial charge in [-0.05, 0) is 31.0 Å². The zero-order valence-corrected chi connectivity index (χ0v) is 12.6. The van der Waals surface area contributed by atoms with Gasteiger partial charge in [0.1, 0.15) is 6.33 Å². The Labute approximate surface area is 134 Å². The molecule has 4 rings (SSSR count).